The highest BCUT2D eigenvalue weighted by Crippen LogP contribution is 2.37. The highest BCUT2D eigenvalue weighted by molar-refractivity contribution is 8.14. The third-order valence-corrected chi connectivity index (χ3v) is 6.82. The van der Waals surface area contributed by atoms with Gasteiger partial charge in [0.2, 0.25) is 5.91 Å². The molecule has 1 aliphatic heterocycles. The molecular formula is C21H29ClF3N3OS. The van der Waals surface area contributed by atoms with Crippen LogP contribution in [0.2, 0.25) is 0 Å². The fraction of sp³-hybridized carbons (Fsp3) is 0.619. The summed E-state index contributed by atoms with van der Waals surface area (Å²) in [5.74, 6) is -0.204. The van der Waals surface area contributed by atoms with Crippen molar-refractivity contribution in [3.63, 3.8) is 0 Å². The Bertz CT molecular complexity index is 749. The molecule has 0 spiro atoms. The van der Waals surface area contributed by atoms with Gasteiger partial charge in [-0.2, -0.15) is 13.2 Å². The van der Waals surface area contributed by atoms with Crippen LogP contribution in [0, 0.1) is 0 Å². The fourth-order valence-corrected chi connectivity index (χ4v) is 5.36. The van der Waals surface area contributed by atoms with E-state index in [4.69, 9.17) is 4.99 Å². The molecule has 1 aromatic rings. The predicted octanol–water partition coefficient (Wildman–Crippen LogP) is 5.95. The number of thioether (sulfide) groups is 1. The molecule has 2 atom stereocenters. The van der Waals surface area contributed by atoms with Gasteiger partial charge in [-0.1, -0.05) is 37.4 Å². The number of aliphatic imine (C=N–C) groups is 1. The monoisotopic (exact) mass is 463 g/mol. The van der Waals surface area contributed by atoms with Crippen LogP contribution in [-0.4, -0.2) is 40.5 Å². The molecule has 1 saturated carbocycles. The molecule has 0 N–H and O–H groups in total. The van der Waals surface area contributed by atoms with Gasteiger partial charge in [0.1, 0.15) is 6.17 Å². The van der Waals surface area contributed by atoms with Gasteiger partial charge < -0.3 is 4.90 Å². The molecule has 1 aromatic carbocycles. The first-order valence-electron chi connectivity index (χ1n) is 10.1. The zero-order chi connectivity index (χ0) is 21.2. The Kier molecular flexibility index (Phi) is 8.51. The fourth-order valence-electron chi connectivity index (χ4n) is 4.12. The van der Waals surface area contributed by atoms with Gasteiger partial charge in [0.25, 0.3) is 0 Å². The molecule has 2 aliphatic rings. The number of nitrogens with zero attached hydrogens (tertiary/aromatic N) is 3. The summed E-state index contributed by atoms with van der Waals surface area (Å²) in [6.45, 7) is 3.48. The summed E-state index contributed by atoms with van der Waals surface area (Å²) in [6.07, 6.45) is 2.40. The number of alkyl halides is 3. The summed E-state index contributed by atoms with van der Waals surface area (Å²) in [5.41, 5.74) is -0.256. The highest BCUT2D eigenvalue weighted by atomic mass is 35.5. The maximum atomic E-state index is 12.9. The van der Waals surface area contributed by atoms with Crippen LogP contribution in [0.3, 0.4) is 0 Å². The molecule has 168 valence electrons. The van der Waals surface area contributed by atoms with Crippen molar-refractivity contribution in [2.75, 3.05) is 11.9 Å². The first-order chi connectivity index (χ1) is 13.7. The van der Waals surface area contributed by atoms with E-state index in [1.165, 1.54) is 44.7 Å². The third kappa shape index (κ3) is 5.63. The molecule has 2 unspecified atom stereocenters. The van der Waals surface area contributed by atoms with E-state index < -0.39 is 11.7 Å². The van der Waals surface area contributed by atoms with Crippen molar-refractivity contribution < 1.29 is 18.0 Å². The zero-order valence-electron chi connectivity index (χ0n) is 17.5. The van der Waals surface area contributed by atoms with Gasteiger partial charge in [-0.25, -0.2) is 0 Å². The molecule has 1 saturated heterocycles. The van der Waals surface area contributed by atoms with Crippen LogP contribution < -0.4 is 4.90 Å². The van der Waals surface area contributed by atoms with Gasteiger partial charge in [0, 0.05) is 24.9 Å². The Morgan fingerprint density at radius 3 is 2.20 bits per heavy atom. The summed E-state index contributed by atoms with van der Waals surface area (Å²) < 4.78 is 38.7. The van der Waals surface area contributed by atoms with E-state index in [2.05, 4.69) is 0 Å². The summed E-state index contributed by atoms with van der Waals surface area (Å²) in [6, 6.07) is 5.10. The largest absolute Gasteiger partial charge is 0.416 e. The summed E-state index contributed by atoms with van der Waals surface area (Å²) in [7, 11) is 1.91. The van der Waals surface area contributed by atoms with Crippen LogP contribution in [0.4, 0.5) is 18.9 Å². The topological polar surface area (TPSA) is 35.9 Å². The van der Waals surface area contributed by atoms with Crippen molar-refractivity contribution in [2.24, 2.45) is 4.99 Å². The maximum absolute atomic E-state index is 12.9. The Morgan fingerprint density at radius 1 is 1.13 bits per heavy atom. The molecule has 4 nitrogen and oxygen atoms in total. The van der Waals surface area contributed by atoms with E-state index in [0.29, 0.717) is 11.7 Å². The molecule has 0 radical (unpaired) electrons. The van der Waals surface area contributed by atoms with Crippen LogP contribution >= 0.6 is 24.2 Å². The maximum Gasteiger partial charge on any atom is 0.416 e. The van der Waals surface area contributed by atoms with Gasteiger partial charge in [0.15, 0.2) is 5.17 Å². The molecule has 1 aliphatic carbocycles. The molecule has 1 amide bonds. The van der Waals surface area contributed by atoms with Crippen molar-refractivity contribution in [3.05, 3.63) is 29.8 Å². The van der Waals surface area contributed by atoms with Crippen LogP contribution in [0.5, 0.6) is 0 Å². The van der Waals surface area contributed by atoms with Crippen molar-refractivity contribution in [1.29, 1.82) is 0 Å². The van der Waals surface area contributed by atoms with Crippen LogP contribution in [0.15, 0.2) is 29.3 Å². The number of hydrogen-bond donors (Lipinski definition) is 0. The van der Waals surface area contributed by atoms with Crippen molar-refractivity contribution >= 4 is 40.9 Å². The van der Waals surface area contributed by atoms with Gasteiger partial charge >= 0.3 is 6.18 Å². The molecule has 30 heavy (non-hydrogen) atoms. The van der Waals surface area contributed by atoms with E-state index in [9.17, 15) is 18.0 Å². The van der Waals surface area contributed by atoms with Crippen LogP contribution in [0.1, 0.15) is 57.9 Å². The number of amides is 1. The lowest BCUT2D eigenvalue weighted by atomic mass is 10.1. The van der Waals surface area contributed by atoms with Crippen LogP contribution in [0.25, 0.3) is 0 Å². The van der Waals surface area contributed by atoms with Gasteiger partial charge in [-0.3, -0.25) is 14.7 Å². The number of benzene rings is 1. The second kappa shape index (κ2) is 10.3. The van der Waals surface area contributed by atoms with E-state index in [1.54, 1.807) is 16.7 Å². The quantitative estimate of drug-likeness (QED) is 0.519. The number of carbonyl (C=O) groups excluding carboxylic acids is 1. The van der Waals surface area contributed by atoms with Gasteiger partial charge in [0.05, 0.1) is 11.6 Å². The first kappa shape index (κ1) is 24.9. The Hall–Kier alpha value is -1.41. The number of carbonyl (C=O) groups is 1. The predicted molar refractivity (Wildman–Crippen MR) is 119 cm³/mol. The van der Waals surface area contributed by atoms with E-state index in [1.807, 2.05) is 18.9 Å². The third-order valence-electron chi connectivity index (χ3n) is 5.60. The second-order valence-electron chi connectivity index (χ2n) is 7.84. The molecule has 0 aromatic heterocycles. The molecule has 3 rings (SSSR count). The minimum absolute atomic E-state index is 0. The van der Waals surface area contributed by atoms with Crippen molar-refractivity contribution in [3.8, 4) is 0 Å². The van der Waals surface area contributed by atoms with E-state index >= 15 is 0 Å². The minimum atomic E-state index is -4.40. The smallest absolute Gasteiger partial charge is 0.333 e. The molecule has 9 heteroatoms. The number of hydrogen-bond acceptors (Lipinski definition) is 3. The molecule has 0 bridgehead atoms. The molecule has 1 heterocycles. The summed E-state index contributed by atoms with van der Waals surface area (Å²) in [4.78, 5) is 21.0. The molecular weight excluding hydrogens is 435 g/mol. The molecule has 2 fully saturated rings. The van der Waals surface area contributed by atoms with Crippen molar-refractivity contribution in [1.82, 2.24) is 4.90 Å². The van der Waals surface area contributed by atoms with E-state index in [-0.39, 0.29) is 29.7 Å². The average Bonchev–Trinajstić information content (AvgIpc) is 2.83. The normalized spacial score (nSPS) is 24.5. The first-order valence-corrected chi connectivity index (χ1v) is 11.0. The standard InChI is InChI=1S/C21H28F3N3OS.ClH/c1-14-19(26(3)20(29-14)25-17-8-6-4-5-7-9-17)27(15(2)28)18-12-10-16(11-13-18)21(22,23)24;/h10-14,17,19H,4-9H2,1-3H3;1H. The average molecular weight is 464 g/mol. The lowest BCUT2D eigenvalue weighted by molar-refractivity contribution is -0.137. The number of halogens is 4. The number of amidine groups is 1. The summed E-state index contributed by atoms with van der Waals surface area (Å²) in [5, 5.41) is 0.961. The lowest BCUT2D eigenvalue weighted by Crippen LogP contribution is -2.50. The van der Waals surface area contributed by atoms with Gasteiger partial charge in [-0.15, -0.1) is 12.4 Å². The number of rotatable bonds is 3. The lowest BCUT2D eigenvalue weighted by Gasteiger charge is -2.35. The minimum Gasteiger partial charge on any atom is -0.333 e. The zero-order valence-corrected chi connectivity index (χ0v) is 19.1. The Labute approximate surface area is 186 Å². The highest BCUT2D eigenvalue weighted by Gasteiger charge is 2.40. The number of anilines is 1. The summed E-state index contributed by atoms with van der Waals surface area (Å²) >= 11 is 1.63. The second-order valence-corrected chi connectivity index (χ2v) is 9.18. The SMILES string of the molecule is CC(=O)N(c1ccc(C(F)(F)F)cc1)C1C(C)SC(=NC2CCCCCC2)N1C.Cl. The van der Waals surface area contributed by atoms with Gasteiger partial charge in [-0.05, 0) is 44.0 Å². The Balaban J connectivity index is 0.00000320. The van der Waals surface area contributed by atoms with Crippen molar-refractivity contribution in [2.45, 2.75) is 76.0 Å². The van der Waals surface area contributed by atoms with E-state index in [0.717, 1.165) is 30.1 Å². The Morgan fingerprint density at radius 2 is 1.70 bits per heavy atom. The van der Waals surface area contributed by atoms with Crippen LogP contribution in [-0.2, 0) is 11.0 Å².